The number of benzene rings is 1. The molecule has 0 bridgehead atoms. The Balaban J connectivity index is 1.72. The van der Waals surface area contributed by atoms with E-state index in [4.69, 9.17) is 14.4 Å². The van der Waals surface area contributed by atoms with Gasteiger partial charge in [-0.05, 0) is 43.9 Å². The lowest BCUT2D eigenvalue weighted by Crippen LogP contribution is -2.47. The van der Waals surface area contributed by atoms with Gasteiger partial charge in [0, 0.05) is 13.1 Å². The van der Waals surface area contributed by atoms with E-state index in [1.807, 2.05) is 6.92 Å². The summed E-state index contributed by atoms with van der Waals surface area (Å²) < 4.78 is 34.5. The van der Waals surface area contributed by atoms with Gasteiger partial charge in [0.05, 0.1) is 22.5 Å². The maximum absolute atomic E-state index is 11.6. The number of fused-ring (bicyclic) bond motifs is 1. The van der Waals surface area contributed by atoms with Gasteiger partial charge in [-0.25, -0.2) is 13.6 Å². The zero-order chi connectivity index (χ0) is 16.2. The van der Waals surface area contributed by atoms with E-state index in [9.17, 15) is 8.42 Å². The Morgan fingerprint density at radius 1 is 1.30 bits per heavy atom. The number of nitrogens with zero attached hydrogens (tertiary/aromatic N) is 2. The van der Waals surface area contributed by atoms with Crippen LogP contribution in [0.3, 0.4) is 0 Å². The van der Waals surface area contributed by atoms with Crippen LogP contribution < -0.4 is 10.0 Å². The highest BCUT2D eigenvalue weighted by Gasteiger charge is 2.38. The molecule has 0 amide bonds. The number of hydrogen-bond donors (Lipinski definition) is 1. The molecule has 0 spiro atoms. The number of ether oxygens (including phenoxy) is 1. The first kappa shape index (κ1) is 14.9. The fraction of sp³-hybridized carbons (Fsp3) is 0.533. The number of anilines is 1. The van der Waals surface area contributed by atoms with E-state index in [-0.39, 0.29) is 17.1 Å². The Morgan fingerprint density at radius 3 is 2.78 bits per heavy atom. The minimum Gasteiger partial charge on any atom is -0.371 e. The van der Waals surface area contributed by atoms with Gasteiger partial charge < -0.3 is 14.2 Å². The van der Waals surface area contributed by atoms with Gasteiger partial charge in [-0.3, -0.25) is 0 Å². The van der Waals surface area contributed by atoms with Crippen LogP contribution in [0.2, 0.25) is 0 Å². The second kappa shape index (κ2) is 5.19. The molecule has 0 unspecified atom stereocenters. The summed E-state index contributed by atoms with van der Waals surface area (Å²) in [4.78, 5) is 2.19. The van der Waals surface area contributed by atoms with E-state index in [0.29, 0.717) is 29.2 Å². The van der Waals surface area contributed by atoms with Crippen molar-refractivity contribution in [1.29, 1.82) is 0 Å². The zero-order valence-corrected chi connectivity index (χ0v) is 13.6. The molecule has 2 heterocycles. The van der Waals surface area contributed by atoms with E-state index in [0.717, 1.165) is 6.54 Å². The quantitative estimate of drug-likeness (QED) is 0.911. The third-order valence-corrected chi connectivity index (χ3v) is 5.39. The topological polar surface area (TPSA) is 98.7 Å². The number of nitrogens with two attached hydrogens (primary N) is 1. The molecule has 2 atom stereocenters. The molecule has 1 aromatic carbocycles. The molecule has 23 heavy (non-hydrogen) atoms. The molecule has 0 radical (unpaired) electrons. The van der Waals surface area contributed by atoms with Gasteiger partial charge in [-0.15, -0.1) is 0 Å². The van der Waals surface area contributed by atoms with Crippen LogP contribution in [-0.4, -0.2) is 38.9 Å². The molecule has 4 rings (SSSR count). The summed E-state index contributed by atoms with van der Waals surface area (Å²) in [6.07, 6.45) is 2.72. The summed E-state index contributed by atoms with van der Waals surface area (Å²) in [5, 5.41) is 10.0. The number of hydrogen-bond acceptors (Lipinski definition) is 6. The lowest BCUT2D eigenvalue weighted by Gasteiger charge is -2.37. The van der Waals surface area contributed by atoms with Crippen molar-refractivity contribution in [3.8, 4) is 0 Å². The van der Waals surface area contributed by atoms with Crippen molar-refractivity contribution in [3.63, 3.8) is 0 Å². The molecule has 1 saturated carbocycles. The maximum atomic E-state index is 11.6. The number of aromatic nitrogens is 1. The molecule has 1 saturated heterocycles. The summed E-state index contributed by atoms with van der Waals surface area (Å²) in [5.41, 5.74) is 0.550. The zero-order valence-electron chi connectivity index (χ0n) is 12.8. The first-order valence-corrected chi connectivity index (χ1v) is 9.29. The van der Waals surface area contributed by atoms with E-state index in [1.165, 1.54) is 25.0 Å². The van der Waals surface area contributed by atoms with Gasteiger partial charge >= 0.3 is 0 Å². The van der Waals surface area contributed by atoms with Crippen molar-refractivity contribution in [2.24, 2.45) is 11.1 Å². The number of rotatable bonds is 3. The van der Waals surface area contributed by atoms with Crippen LogP contribution in [0.25, 0.3) is 11.0 Å². The van der Waals surface area contributed by atoms with Gasteiger partial charge in [-0.1, -0.05) is 5.16 Å². The van der Waals surface area contributed by atoms with Crippen molar-refractivity contribution in [2.45, 2.75) is 36.9 Å². The molecule has 7 nitrogen and oxygen atoms in total. The highest BCUT2D eigenvalue weighted by molar-refractivity contribution is 7.89. The molecule has 1 aliphatic heterocycles. The molecule has 124 valence electrons. The minimum atomic E-state index is -3.76. The number of sulfonamides is 1. The highest BCUT2D eigenvalue weighted by atomic mass is 32.2. The van der Waals surface area contributed by atoms with Crippen molar-refractivity contribution in [3.05, 3.63) is 18.2 Å². The Labute approximate surface area is 134 Å². The van der Waals surface area contributed by atoms with Gasteiger partial charge in [0.15, 0.2) is 11.4 Å². The average molecular weight is 337 g/mol. The second-order valence-corrected chi connectivity index (χ2v) is 8.00. The van der Waals surface area contributed by atoms with Crippen LogP contribution >= 0.6 is 0 Å². The summed E-state index contributed by atoms with van der Waals surface area (Å²) in [6.45, 7) is 3.49. The first-order valence-electron chi connectivity index (χ1n) is 7.74. The van der Waals surface area contributed by atoms with Crippen LogP contribution in [0.5, 0.6) is 0 Å². The maximum Gasteiger partial charge on any atom is 0.238 e. The molecule has 2 aliphatic rings. The smallest absolute Gasteiger partial charge is 0.238 e. The largest absolute Gasteiger partial charge is 0.371 e. The lowest BCUT2D eigenvalue weighted by molar-refractivity contribution is -0.0274. The second-order valence-electron chi connectivity index (χ2n) is 6.44. The van der Waals surface area contributed by atoms with Crippen LogP contribution in [0.15, 0.2) is 27.6 Å². The normalized spacial score (nSPS) is 25.9. The molecule has 1 aliphatic carbocycles. The van der Waals surface area contributed by atoms with Gasteiger partial charge in [0.1, 0.15) is 0 Å². The number of morpholine rings is 1. The third-order valence-electron chi connectivity index (χ3n) is 4.48. The van der Waals surface area contributed by atoms with Crippen molar-refractivity contribution in [2.75, 3.05) is 18.0 Å². The Bertz CT molecular complexity index is 844. The minimum absolute atomic E-state index is 0.0644. The molecular formula is C15H19N3O4S. The van der Waals surface area contributed by atoms with Crippen LogP contribution in [-0.2, 0) is 14.8 Å². The highest BCUT2D eigenvalue weighted by Crippen LogP contribution is 2.38. The first-order chi connectivity index (χ1) is 10.9. The van der Waals surface area contributed by atoms with Crippen LogP contribution in [0.4, 0.5) is 5.82 Å². The molecule has 2 N–H and O–H groups in total. The third kappa shape index (κ3) is 2.82. The fourth-order valence-corrected chi connectivity index (χ4v) is 3.74. The Hall–Kier alpha value is -1.64. The summed E-state index contributed by atoms with van der Waals surface area (Å²) in [5.74, 6) is 1.28. The van der Waals surface area contributed by atoms with E-state index in [1.54, 1.807) is 6.07 Å². The van der Waals surface area contributed by atoms with Crippen LogP contribution in [0.1, 0.15) is 19.8 Å². The van der Waals surface area contributed by atoms with Crippen molar-refractivity contribution in [1.82, 2.24) is 5.16 Å². The molecule has 8 heteroatoms. The Morgan fingerprint density at radius 2 is 2.09 bits per heavy atom. The van der Waals surface area contributed by atoms with Crippen molar-refractivity contribution >= 4 is 26.8 Å². The average Bonchev–Trinajstić information content (AvgIpc) is 3.25. The lowest BCUT2D eigenvalue weighted by atomic mass is 10.1. The molecule has 2 aromatic rings. The predicted molar refractivity (Wildman–Crippen MR) is 84.7 cm³/mol. The molecule has 1 aromatic heterocycles. The van der Waals surface area contributed by atoms with E-state index >= 15 is 0 Å². The Kier molecular flexibility index (Phi) is 3.36. The van der Waals surface area contributed by atoms with E-state index in [2.05, 4.69) is 10.1 Å². The predicted octanol–water partition coefficient (Wildman–Crippen LogP) is 1.48. The standard InChI is InChI=1S/C15H19N3O4S/c1-9-7-18(8-14(21-9)10-2-3-10)15-12-6-11(23(16,19)20)4-5-13(12)22-17-15/h4-6,9-10,14H,2-3,7-8H2,1H3,(H2,16,19,20)/t9-,14+/m1/s1. The fourth-order valence-electron chi connectivity index (χ4n) is 3.20. The molecular weight excluding hydrogens is 318 g/mol. The summed E-state index contributed by atoms with van der Waals surface area (Å²) in [6, 6.07) is 4.55. The van der Waals surface area contributed by atoms with Crippen molar-refractivity contribution < 1.29 is 17.7 Å². The van der Waals surface area contributed by atoms with Gasteiger partial charge in [0.25, 0.3) is 0 Å². The molecule has 2 fully saturated rings. The van der Waals surface area contributed by atoms with Crippen LogP contribution in [0, 0.1) is 5.92 Å². The number of primary sulfonamides is 1. The summed E-state index contributed by atoms with van der Waals surface area (Å²) >= 11 is 0. The van der Waals surface area contributed by atoms with Gasteiger partial charge in [0.2, 0.25) is 10.0 Å². The SMILES string of the molecule is C[C@@H]1CN(c2noc3ccc(S(N)(=O)=O)cc23)C[C@@H](C2CC2)O1. The monoisotopic (exact) mass is 337 g/mol. The van der Waals surface area contributed by atoms with E-state index < -0.39 is 10.0 Å². The van der Waals surface area contributed by atoms with Gasteiger partial charge in [-0.2, -0.15) is 0 Å². The summed E-state index contributed by atoms with van der Waals surface area (Å²) in [7, 11) is -3.76.